The van der Waals surface area contributed by atoms with Crippen molar-refractivity contribution in [2.75, 3.05) is 57.8 Å². The van der Waals surface area contributed by atoms with Gasteiger partial charge in [-0.15, -0.1) is 12.8 Å². The minimum absolute atomic E-state index is 0.0446. The molecular formula is C50H53F4N7O5. The van der Waals surface area contributed by atoms with E-state index in [2.05, 4.69) is 28.0 Å². The zero-order chi connectivity index (χ0) is 46.6. The molecule has 346 valence electrons. The summed E-state index contributed by atoms with van der Waals surface area (Å²) >= 11 is 0. The van der Waals surface area contributed by atoms with Gasteiger partial charge in [-0.05, 0) is 91.5 Å². The molecule has 1 unspecified atom stereocenters. The molecule has 10 rings (SSSR count). The normalized spacial score (nSPS) is 21.0. The van der Waals surface area contributed by atoms with Crippen molar-refractivity contribution >= 4 is 46.5 Å². The van der Waals surface area contributed by atoms with E-state index in [0.29, 0.717) is 69.3 Å². The Morgan fingerprint density at radius 3 is 2.18 bits per heavy atom. The molecule has 2 saturated heterocycles. The first-order valence-corrected chi connectivity index (χ1v) is 22.7. The second-order valence-electron chi connectivity index (χ2n) is 18.8. The summed E-state index contributed by atoms with van der Waals surface area (Å²) in [4.78, 5) is 76.1. The molecule has 12 nitrogen and oxygen atoms in total. The average Bonchev–Trinajstić information content (AvgIpc) is 3.93. The number of terminal acetylenes is 1. The van der Waals surface area contributed by atoms with Crippen molar-refractivity contribution < 1.29 is 41.5 Å². The molecule has 1 aliphatic carbocycles. The second-order valence-corrected chi connectivity index (χ2v) is 18.8. The Morgan fingerprint density at radius 1 is 0.939 bits per heavy atom. The summed E-state index contributed by atoms with van der Waals surface area (Å²) in [6, 6.07) is 11.7. The molecule has 5 aliphatic heterocycles. The quantitative estimate of drug-likeness (QED) is 0.0760. The summed E-state index contributed by atoms with van der Waals surface area (Å²) in [5.41, 5.74) is 4.86. The lowest BCUT2D eigenvalue weighted by atomic mass is 9.57. The Bertz CT molecular complexity index is 2540. The number of aldehydes is 1. The number of aromatic nitrogens is 1. The summed E-state index contributed by atoms with van der Waals surface area (Å²) in [6.45, 7) is 4.24. The van der Waals surface area contributed by atoms with Gasteiger partial charge < -0.3 is 24.9 Å². The van der Waals surface area contributed by atoms with Gasteiger partial charge in [-0.2, -0.15) is 0 Å². The molecule has 1 aromatic heterocycles. The van der Waals surface area contributed by atoms with Crippen molar-refractivity contribution in [1.29, 1.82) is 0 Å². The Hall–Kier alpha value is -6.05. The van der Waals surface area contributed by atoms with Crippen LogP contribution in [0, 0.1) is 41.7 Å². The number of anilines is 1. The number of alkyl halides is 2. The van der Waals surface area contributed by atoms with Crippen molar-refractivity contribution in [1.82, 2.24) is 29.9 Å². The molecule has 6 aliphatic rings. The number of carbonyl (C=O) groups excluding carboxylic acids is 5. The third-order valence-corrected chi connectivity index (χ3v) is 14.9. The van der Waals surface area contributed by atoms with E-state index in [1.54, 1.807) is 12.1 Å². The van der Waals surface area contributed by atoms with Gasteiger partial charge in [0.2, 0.25) is 11.8 Å². The highest BCUT2D eigenvalue weighted by atomic mass is 19.3. The number of para-hydroxylation sites is 1. The molecular weight excluding hydrogens is 855 g/mol. The van der Waals surface area contributed by atoms with Crippen LogP contribution >= 0.6 is 0 Å². The first-order valence-electron chi connectivity index (χ1n) is 22.7. The number of hydrogen-bond acceptors (Lipinski definition) is 8. The zero-order valence-corrected chi connectivity index (χ0v) is 36.8. The number of H-pyrrole nitrogens is 1. The van der Waals surface area contributed by atoms with Gasteiger partial charge in [0.15, 0.2) is 0 Å². The van der Waals surface area contributed by atoms with E-state index in [4.69, 9.17) is 0 Å². The minimum atomic E-state index is -2.66. The number of imide groups is 1. The highest BCUT2D eigenvalue weighted by Crippen LogP contribution is 2.54. The number of nitrogens with one attached hydrogen (secondary N) is 2. The molecule has 16 heteroatoms. The number of aromatic amines is 1. The number of halogens is 4. The number of benzene rings is 3. The summed E-state index contributed by atoms with van der Waals surface area (Å²) in [7, 11) is 1.43. The van der Waals surface area contributed by atoms with Crippen LogP contribution in [0.3, 0.4) is 0 Å². The van der Waals surface area contributed by atoms with E-state index >= 15 is 8.78 Å². The Kier molecular flexibility index (Phi) is 12.3. The Labute approximate surface area is 380 Å². The predicted molar refractivity (Wildman–Crippen MR) is 239 cm³/mol. The topological polar surface area (TPSA) is 129 Å². The monoisotopic (exact) mass is 907 g/mol. The SMILES string of the molecule is C#C.CNC(=O)C(CCC=O)N1C(=O)c2cc3c(cc2C1=O)CN(CC1CCN(C(=O)C2CC4(C2)CN(c2cc(F)c([C@@H]5c6[nH]c7ccccc7c6CCN5CC(F)F)c(F)c2)C4)CC1)C3. The van der Waals surface area contributed by atoms with E-state index in [0.717, 1.165) is 64.7 Å². The molecule has 6 heterocycles. The smallest absolute Gasteiger partial charge is 0.262 e. The van der Waals surface area contributed by atoms with Gasteiger partial charge in [0.05, 0.1) is 23.7 Å². The number of carbonyl (C=O) groups is 5. The minimum Gasteiger partial charge on any atom is -0.370 e. The lowest BCUT2D eigenvalue weighted by molar-refractivity contribution is -0.146. The van der Waals surface area contributed by atoms with E-state index in [-0.39, 0.29) is 53.3 Å². The maximum absolute atomic E-state index is 16.1. The third kappa shape index (κ3) is 7.93. The molecule has 0 bridgehead atoms. The number of amides is 4. The molecule has 0 radical (unpaired) electrons. The largest absolute Gasteiger partial charge is 0.370 e. The number of likely N-dealkylation sites (N-methyl/N-ethyl adjacent to an activating group) is 1. The fourth-order valence-electron chi connectivity index (χ4n) is 11.7. The van der Waals surface area contributed by atoms with Crippen molar-refractivity contribution in [3.05, 3.63) is 99.2 Å². The van der Waals surface area contributed by atoms with Crippen LogP contribution in [0.1, 0.15) is 93.2 Å². The molecule has 1 spiro atoms. The lowest BCUT2D eigenvalue weighted by Gasteiger charge is -2.60. The molecule has 4 aromatic rings. The fourth-order valence-corrected chi connectivity index (χ4v) is 11.7. The van der Waals surface area contributed by atoms with Crippen molar-refractivity contribution in [2.24, 2.45) is 17.3 Å². The first-order chi connectivity index (χ1) is 31.8. The van der Waals surface area contributed by atoms with Gasteiger partial charge in [0.25, 0.3) is 18.2 Å². The number of fused-ring (bicyclic) bond motifs is 5. The van der Waals surface area contributed by atoms with Crippen LogP contribution in [0.25, 0.3) is 10.9 Å². The molecule has 66 heavy (non-hydrogen) atoms. The fraction of sp³-hybridized carbons (Fsp3) is 0.460. The molecule has 2 N–H and O–H groups in total. The predicted octanol–water partition coefficient (Wildman–Crippen LogP) is 6.07. The van der Waals surface area contributed by atoms with Crippen LogP contribution in [-0.2, 0) is 33.9 Å². The van der Waals surface area contributed by atoms with Gasteiger partial charge in [0, 0.05) is 105 Å². The maximum atomic E-state index is 16.1. The summed E-state index contributed by atoms with van der Waals surface area (Å²) < 4.78 is 59.7. The molecule has 2 atom stereocenters. The van der Waals surface area contributed by atoms with E-state index in [9.17, 15) is 32.8 Å². The molecule has 1 saturated carbocycles. The summed E-state index contributed by atoms with van der Waals surface area (Å²) in [5, 5.41) is 3.43. The van der Waals surface area contributed by atoms with Crippen molar-refractivity contribution in [3.63, 3.8) is 0 Å². The van der Waals surface area contributed by atoms with Crippen LogP contribution in [0.4, 0.5) is 23.2 Å². The van der Waals surface area contributed by atoms with Crippen LogP contribution in [-0.4, -0.2) is 120 Å². The number of hydrogen-bond donors (Lipinski definition) is 2. The van der Waals surface area contributed by atoms with Crippen LogP contribution in [0.5, 0.6) is 0 Å². The van der Waals surface area contributed by atoms with E-state index in [1.807, 2.05) is 34.1 Å². The van der Waals surface area contributed by atoms with Crippen molar-refractivity contribution in [3.8, 4) is 12.8 Å². The van der Waals surface area contributed by atoms with Gasteiger partial charge in [-0.1, -0.05) is 18.2 Å². The number of piperidine rings is 1. The van der Waals surface area contributed by atoms with Gasteiger partial charge in [0.1, 0.15) is 24.0 Å². The highest BCUT2D eigenvalue weighted by Gasteiger charge is 2.55. The highest BCUT2D eigenvalue weighted by molar-refractivity contribution is 6.23. The summed E-state index contributed by atoms with van der Waals surface area (Å²) in [5.74, 6) is -2.61. The van der Waals surface area contributed by atoms with Gasteiger partial charge >= 0.3 is 0 Å². The maximum Gasteiger partial charge on any atom is 0.262 e. The third-order valence-electron chi connectivity index (χ3n) is 14.9. The van der Waals surface area contributed by atoms with E-state index < -0.39 is 54.4 Å². The molecule has 4 amide bonds. The van der Waals surface area contributed by atoms with Crippen LogP contribution < -0.4 is 10.2 Å². The Balaban J connectivity index is 0.00000270. The van der Waals surface area contributed by atoms with Gasteiger partial charge in [-0.3, -0.25) is 33.9 Å². The van der Waals surface area contributed by atoms with E-state index in [1.165, 1.54) is 24.1 Å². The van der Waals surface area contributed by atoms with Crippen LogP contribution in [0.2, 0.25) is 0 Å². The number of rotatable bonds is 12. The second kappa shape index (κ2) is 18.0. The van der Waals surface area contributed by atoms with Crippen molar-refractivity contribution in [2.45, 2.75) is 76.5 Å². The lowest BCUT2D eigenvalue weighted by Crippen LogP contribution is -2.64. The van der Waals surface area contributed by atoms with Crippen LogP contribution in [0.15, 0.2) is 48.5 Å². The average molecular weight is 908 g/mol. The summed E-state index contributed by atoms with van der Waals surface area (Å²) in [6.07, 6.45) is 9.78. The Morgan fingerprint density at radius 2 is 1.58 bits per heavy atom. The van der Waals surface area contributed by atoms with Gasteiger partial charge in [-0.25, -0.2) is 17.6 Å². The standard InChI is InChI=1S/C48H51F4N7O5.C2H2/c1-53-44(61)39(7-4-14-60)59-46(63)34-15-28-22-55(23-29(28)16-35(34)47(59)64)21-27-8-11-56(12-9-27)45(62)30-19-48(20-30)25-58(26-48)31-17-36(49)41(37(50)18-31)43-42-33(10-13-57(43)24-40(51)52)32-5-2-3-6-38(32)54-42;1-2/h2-3,5-6,14-18,27,30,39-40,43,54H,4,7-13,19-26H2,1H3,(H,53,61);1-2H/t39?,43-;/m1./s1. The molecule has 3 aromatic carbocycles. The number of likely N-dealkylation sites (tertiary alicyclic amines) is 1. The zero-order valence-electron chi connectivity index (χ0n) is 36.8. The number of nitrogens with zero attached hydrogens (tertiary/aromatic N) is 5. The first kappa shape index (κ1) is 45.1. The molecule has 3 fully saturated rings.